The van der Waals surface area contributed by atoms with Crippen molar-refractivity contribution in [1.29, 1.82) is 0 Å². The molecule has 0 aliphatic carbocycles. The van der Waals surface area contributed by atoms with E-state index in [1.165, 1.54) is 16.3 Å². The van der Waals surface area contributed by atoms with Gasteiger partial charge >= 0.3 is 0 Å². The van der Waals surface area contributed by atoms with Gasteiger partial charge in [0.25, 0.3) is 5.91 Å². The Morgan fingerprint density at radius 1 is 1.18 bits per heavy atom. The summed E-state index contributed by atoms with van der Waals surface area (Å²) >= 11 is 6.07. The number of carbonyl (C=O) groups is 1. The molecule has 0 aliphatic rings. The fourth-order valence-corrected chi connectivity index (χ4v) is 3.62. The predicted molar refractivity (Wildman–Crippen MR) is 129 cm³/mol. The van der Waals surface area contributed by atoms with E-state index in [1.54, 1.807) is 36.5 Å². The minimum absolute atomic E-state index is 0.136. The van der Waals surface area contributed by atoms with E-state index in [9.17, 15) is 9.18 Å². The summed E-state index contributed by atoms with van der Waals surface area (Å²) < 4.78 is 26.9. The molecule has 1 unspecified atom stereocenters. The van der Waals surface area contributed by atoms with Crippen molar-refractivity contribution in [2.75, 3.05) is 5.32 Å². The van der Waals surface area contributed by atoms with E-state index in [1.807, 2.05) is 12.1 Å². The standard InChI is InChI=1S/C26H25ClFN3O3/c1-3-17(2)18-7-9-19(10-8-18)33-16-20-11-12-24(34-20)26(32)29-25-13-14-31(30-25)15-21-22(27)5-4-6-23(21)28/h4-14,17H,3,15-16H2,1-2H3,(H,29,30,32). The molecule has 0 fully saturated rings. The fourth-order valence-electron chi connectivity index (χ4n) is 3.40. The lowest BCUT2D eigenvalue weighted by Crippen LogP contribution is -2.12. The monoisotopic (exact) mass is 481 g/mol. The zero-order valence-corrected chi connectivity index (χ0v) is 19.7. The van der Waals surface area contributed by atoms with Gasteiger partial charge in [0.1, 0.15) is 23.9 Å². The van der Waals surface area contributed by atoms with Gasteiger partial charge in [-0.25, -0.2) is 4.39 Å². The second kappa shape index (κ2) is 10.6. The number of halogens is 2. The molecule has 2 aromatic carbocycles. The Bertz CT molecular complexity index is 1250. The van der Waals surface area contributed by atoms with E-state index < -0.39 is 11.7 Å². The Hall–Kier alpha value is -3.58. The van der Waals surface area contributed by atoms with E-state index in [0.717, 1.165) is 12.2 Å². The molecule has 6 nitrogen and oxygen atoms in total. The summed E-state index contributed by atoms with van der Waals surface area (Å²) in [4.78, 5) is 12.5. The molecule has 4 rings (SSSR count). The van der Waals surface area contributed by atoms with E-state index in [4.69, 9.17) is 20.8 Å². The number of rotatable bonds is 9. The number of benzene rings is 2. The van der Waals surface area contributed by atoms with Crippen LogP contribution in [0.5, 0.6) is 5.75 Å². The molecule has 0 spiro atoms. The molecule has 8 heteroatoms. The molecule has 176 valence electrons. The number of anilines is 1. The maximum atomic E-state index is 14.0. The van der Waals surface area contributed by atoms with Gasteiger partial charge in [0, 0.05) is 22.8 Å². The molecule has 4 aromatic rings. The summed E-state index contributed by atoms with van der Waals surface area (Å²) in [6.45, 7) is 4.69. The highest BCUT2D eigenvalue weighted by atomic mass is 35.5. The van der Waals surface area contributed by atoms with Crippen molar-refractivity contribution in [1.82, 2.24) is 9.78 Å². The van der Waals surface area contributed by atoms with Crippen LogP contribution in [0.3, 0.4) is 0 Å². The normalized spacial score (nSPS) is 11.9. The number of nitrogens with one attached hydrogen (secondary N) is 1. The Morgan fingerprint density at radius 2 is 1.97 bits per heavy atom. The second-order valence-corrected chi connectivity index (χ2v) is 8.39. The van der Waals surface area contributed by atoms with Crippen LogP contribution < -0.4 is 10.1 Å². The highest BCUT2D eigenvalue weighted by Crippen LogP contribution is 2.23. The van der Waals surface area contributed by atoms with Gasteiger partial charge in [0.15, 0.2) is 11.6 Å². The highest BCUT2D eigenvalue weighted by molar-refractivity contribution is 6.31. The molecule has 0 radical (unpaired) electrons. The quantitative estimate of drug-likeness (QED) is 0.290. The van der Waals surface area contributed by atoms with Gasteiger partial charge in [0.05, 0.1) is 6.54 Å². The summed E-state index contributed by atoms with van der Waals surface area (Å²) in [5.74, 6) is 1.35. The molecule has 0 bridgehead atoms. The largest absolute Gasteiger partial charge is 0.486 e. The van der Waals surface area contributed by atoms with Crippen molar-refractivity contribution >= 4 is 23.3 Å². The molecule has 1 N–H and O–H groups in total. The third-order valence-corrected chi connectivity index (χ3v) is 5.95. The van der Waals surface area contributed by atoms with Gasteiger partial charge in [-0.3, -0.25) is 9.48 Å². The average Bonchev–Trinajstić information content (AvgIpc) is 3.49. The molecule has 34 heavy (non-hydrogen) atoms. The van der Waals surface area contributed by atoms with Crippen molar-refractivity contribution in [3.8, 4) is 5.75 Å². The lowest BCUT2D eigenvalue weighted by atomic mass is 9.99. The number of carbonyl (C=O) groups excluding carboxylic acids is 1. The Balaban J connectivity index is 1.32. The summed E-state index contributed by atoms with van der Waals surface area (Å²) in [6, 6.07) is 17.4. The average molecular weight is 482 g/mol. The number of amides is 1. The number of ether oxygens (including phenoxy) is 1. The van der Waals surface area contributed by atoms with Gasteiger partial charge in [0.2, 0.25) is 0 Å². The molecule has 1 atom stereocenters. The second-order valence-electron chi connectivity index (χ2n) is 7.99. The Kier molecular flexibility index (Phi) is 7.33. The zero-order chi connectivity index (χ0) is 24.1. The van der Waals surface area contributed by atoms with Crippen LogP contribution in [0.15, 0.2) is 71.3 Å². The highest BCUT2D eigenvalue weighted by Gasteiger charge is 2.14. The van der Waals surface area contributed by atoms with Gasteiger partial charge in [-0.2, -0.15) is 5.10 Å². The minimum atomic E-state index is -0.446. The zero-order valence-electron chi connectivity index (χ0n) is 18.9. The van der Waals surface area contributed by atoms with Crippen LogP contribution in [0.4, 0.5) is 10.2 Å². The van der Waals surface area contributed by atoms with Gasteiger partial charge in [-0.15, -0.1) is 0 Å². The minimum Gasteiger partial charge on any atom is -0.486 e. The van der Waals surface area contributed by atoms with Crippen LogP contribution in [0, 0.1) is 5.82 Å². The molecule has 0 saturated carbocycles. The van der Waals surface area contributed by atoms with Crippen molar-refractivity contribution in [2.45, 2.75) is 39.3 Å². The first-order valence-electron chi connectivity index (χ1n) is 11.0. The maximum absolute atomic E-state index is 14.0. The van der Waals surface area contributed by atoms with Crippen LogP contribution in [0.25, 0.3) is 0 Å². The lowest BCUT2D eigenvalue weighted by molar-refractivity contribution is 0.0992. The third-order valence-electron chi connectivity index (χ3n) is 5.59. The number of aromatic nitrogens is 2. The number of nitrogens with zero attached hydrogens (tertiary/aromatic N) is 2. The summed E-state index contributed by atoms with van der Waals surface area (Å²) in [7, 11) is 0. The Labute approximate surface area is 202 Å². The molecular weight excluding hydrogens is 457 g/mol. The van der Waals surface area contributed by atoms with E-state index >= 15 is 0 Å². The summed E-state index contributed by atoms with van der Waals surface area (Å²) in [5.41, 5.74) is 1.60. The first-order chi connectivity index (χ1) is 16.4. The van der Waals surface area contributed by atoms with Crippen molar-refractivity contribution in [3.05, 3.63) is 100 Å². The van der Waals surface area contributed by atoms with Gasteiger partial charge < -0.3 is 14.5 Å². The fraction of sp³-hybridized carbons (Fsp3) is 0.231. The number of hydrogen-bond acceptors (Lipinski definition) is 4. The van der Waals surface area contributed by atoms with Crippen molar-refractivity contribution < 1.29 is 18.3 Å². The molecule has 0 aliphatic heterocycles. The van der Waals surface area contributed by atoms with E-state index in [0.29, 0.717) is 28.1 Å². The SMILES string of the molecule is CCC(C)c1ccc(OCc2ccc(C(=O)Nc3ccn(Cc4c(F)cccc4Cl)n3)o2)cc1. The topological polar surface area (TPSA) is 69.3 Å². The van der Waals surface area contributed by atoms with Gasteiger partial charge in [-0.05, 0) is 54.3 Å². The summed E-state index contributed by atoms with van der Waals surface area (Å²) in [6.07, 6.45) is 2.71. The Morgan fingerprint density at radius 3 is 2.71 bits per heavy atom. The van der Waals surface area contributed by atoms with E-state index in [2.05, 4.69) is 36.4 Å². The third kappa shape index (κ3) is 5.66. The van der Waals surface area contributed by atoms with Gasteiger partial charge in [-0.1, -0.05) is 43.6 Å². The molecule has 2 heterocycles. The number of hydrogen-bond donors (Lipinski definition) is 1. The smallest absolute Gasteiger partial charge is 0.292 e. The molecular formula is C26H25ClFN3O3. The van der Waals surface area contributed by atoms with Crippen LogP contribution >= 0.6 is 11.6 Å². The molecule has 0 saturated heterocycles. The lowest BCUT2D eigenvalue weighted by Gasteiger charge is -2.10. The first kappa shape index (κ1) is 23.6. The number of furan rings is 1. The van der Waals surface area contributed by atoms with Crippen LogP contribution in [0.2, 0.25) is 5.02 Å². The van der Waals surface area contributed by atoms with Crippen LogP contribution in [-0.4, -0.2) is 15.7 Å². The first-order valence-corrected chi connectivity index (χ1v) is 11.4. The maximum Gasteiger partial charge on any atom is 0.292 e. The van der Waals surface area contributed by atoms with Crippen molar-refractivity contribution in [2.24, 2.45) is 0 Å². The predicted octanol–water partition coefficient (Wildman–Crippen LogP) is 6.66. The van der Waals surface area contributed by atoms with Crippen LogP contribution in [0.1, 0.15) is 53.6 Å². The molecule has 2 aromatic heterocycles. The molecule has 1 amide bonds. The summed E-state index contributed by atoms with van der Waals surface area (Å²) in [5, 5.41) is 7.24. The van der Waals surface area contributed by atoms with Crippen LogP contribution in [-0.2, 0) is 13.2 Å². The van der Waals surface area contributed by atoms with E-state index in [-0.39, 0.29) is 18.9 Å². The van der Waals surface area contributed by atoms with Crippen molar-refractivity contribution in [3.63, 3.8) is 0 Å².